The largest absolute Gasteiger partial charge is 0.310 e. The van der Waals surface area contributed by atoms with E-state index < -0.39 is 0 Å². The van der Waals surface area contributed by atoms with Gasteiger partial charge in [0.2, 0.25) is 0 Å². The Balaban J connectivity index is 2.75. The lowest BCUT2D eigenvalue weighted by Crippen LogP contribution is -2.51. The third kappa shape index (κ3) is 6.07. The highest BCUT2D eigenvalue weighted by molar-refractivity contribution is 5.96. The number of aromatic nitrogens is 1. The summed E-state index contributed by atoms with van der Waals surface area (Å²) in [6, 6.07) is 4.96. The van der Waals surface area contributed by atoms with Gasteiger partial charge in [0.25, 0.3) is 11.8 Å². The average Bonchev–Trinajstić information content (AvgIpc) is 2.69. The van der Waals surface area contributed by atoms with Gasteiger partial charge in [0.15, 0.2) is 13.3 Å². The maximum Gasteiger partial charge on any atom is 0.274 e. The minimum atomic E-state index is -0.256. The van der Waals surface area contributed by atoms with E-state index in [0.29, 0.717) is 13.3 Å². The lowest BCUT2D eigenvalue weighted by Gasteiger charge is -2.32. The van der Waals surface area contributed by atoms with E-state index in [0.717, 1.165) is 35.1 Å². The molecular weight excluding hydrogens is 330 g/mol. The summed E-state index contributed by atoms with van der Waals surface area (Å²) in [5.41, 5.74) is 0.527. The summed E-state index contributed by atoms with van der Waals surface area (Å²) in [6.07, 6.45) is 0. The molecule has 1 aromatic heterocycles. The molecule has 2 N–H and O–H groups in total. The van der Waals surface area contributed by atoms with Crippen LogP contribution in [0.25, 0.3) is 0 Å². The third-order valence-electron chi connectivity index (χ3n) is 5.51. The molecule has 0 atom stereocenters. The van der Waals surface area contributed by atoms with Crippen LogP contribution in [0.3, 0.4) is 0 Å². The Labute approximate surface area is 157 Å². The van der Waals surface area contributed by atoms with Gasteiger partial charge in [0.05, 0.1) is 40.3 Å². The van der Waals surface area contributed by atoms with Crippen LogP contribution in [0.5, 0.6) is 0 Å². The van der Waals surface area contributed by atoms with E-state index in [1.807, 2.05) is 0 Å². The topological polar surface area (TPSA) is 71.1 Å². The molecule has 0 aliphatic carbocycles. The molecule has 1 aromatic rings. The maximum absolute atomic E-state index is 12.4. The van der Waals surface area contributed by atoms with Gasteiger partial charge in [-0.1, -0.05) is 6.07 Å². The van der Waals surface area contributed by atoms with Crippen LogP contribution in [0, 0.1) is 0 Å². The molecule has 0 aliphatic rings. The highest BCUT2D eigenvalue weighted by Crippen LogP contribution is 2.04. The van der Waals surface area contributed by atoms with Gasteiger partial charge in [0, 0.05) is 0 Å². The number of carbonyl (C=O) groups excluding carboxylic acids is 2. The first kappa shape index (κ1) is 22.1. The number of pyridine rings is 1. The van der Waals surface area contributed by atoms with Crippen molar-refractivity contribution in [2.75, 3.05) is 53.6 Å². The fourth-order valence-corrected chi connectivity index (χ4v) is 2.29. The summed E-state index contributed by atoms with van der Waals surface area (Å²) in [5, 5.41) is 5.84. The van der Waals surface area contributed by atoms with Crippen molar-refractivity contribution in [3.63, 3.8) is 0 Å². The van der Waals surface area contributed by atoms with Crippen molar-refractivity contribution in [2.45, 2.75) is 27.7 Å². The molecule has 2 amide bonds. The van der Waals surface area contributed by atoms with Gasteiger partial charge in [-0.2, -0.15) is 0 Å². The quantitative estimate of drug-likeness (QED) is 0.487. The van der Waals surface area contributed by atoms with Crippen LogP contribution in [0.1, 0.15) is 48.7 Å². The number of hydrogen-bond acceptors (Lipinski definition) is 3. The zero-order valence-electron chi connectivity index (χ0n) is 17.1. The van der Waals surface area contributed by atoms with Crippen LogP contribution in [0.4, 0.5) is 0 Å². The minimum Gasteiger partial charge on any atom is -0.310 e. The number of rotatable bonds is 10. The summed E-state index contributed by atoms with van der Waals surface area (Å²) < 4.78 is 1.49. The van der Waals surface area contributed by atoms with Gasteiger partial charge in [-0.25, -0.2) is 4.98 Å². The van der Waals surface area contributed by atoms with E-state index in [9.17, 15) is 9.59 Å². The first-order valence-electron chi connectivity index (χ1n) is 9.43. The Morgan fingerprint density at radius 3 is 1.46 bits per heavy atom. The van der Waals surface area contributed by atoms with Gasteiger partial charge in [0.1, 0.15) is 11.4 Å². The fraction of sp³-hybridized carbons (Fsp3) is 0.632. The van der Waals surface area contributed by atoms with Crippen LogP contribution in [-0.4, -0.2) is 79.4 Å². The predicted octanol–water partition coefficient (Wildman–Crippen LogP) is 1.43. The molecular formula is C19H35N5O2+2. The zero-order valence-corrected chi connectivity index (χ0v) is 17.1. The number of nitrogens with zero attached hydrogens (tertiary/aromatic N) is 3. The molecule has 0 fully saturated rings. The van der Waals surface area contributed by atoms with E-state index in [1.165, 1.54) is 0 Å². The number of quaternary nitrogens is 2. The Morgan fingerprint density at radius 2 is 1.15 bits per heavy atom. The van der Waals surface area contributed by atoms with E-state index >= 15 is 0 Å². The number of amides is 2. The molecule has 7 heteroatoms. The predicted molar refractivity (Wildman–Crippen MR) is 103 cm³/mol. The van der Waals surface area contributed by atoms with Crippen LogP contribution in [0.2, 0.25) is 0 Å². The second kappa shape index (κ2) is 9.64. The Kier molecular flexibility index (Phi) is 8.17. The number of nitrogens with one attached hydrogen (secondary N) is 2. The lowest BCUT2D eigenvalue weighted by molar-refractivity contribution is -0.907. The van der Waals surface area contributed by atoms with Crippen LogP contribution in [0.15, 0.2) is 18.2 Å². The van der Waals surface area contributed by atoms with E-state index in [2.05, 4.69) is 57.4 Å². The van der Waals surface area contributed by atoms with E-state index in [1.54, 1.807) is 18.2 Å². The molecule has 0 spiro atoms. The summed E-state index contributed by atoms with van der Waals surface area (Å²) >= 11 is 0. The molecule has 0 saturated carbocycles. The van der Waals surface area contributed by atoms with Crippen molar-refractivity contribution in [1.29, 1.82) is 0 Å². The van der Waals surface area contributed by atoms with E-state index in [4.69, 9.17) is 0 Å². The molecule has 1 rings (SSSR count). The van der Waals surface area contributed by atoms with Crippen molar-refractivity contribution < 1.29 is 18.6 Å². The Bertz CT molecular complexity index is 560. The smallest absolute Gasteiger partial charge is 0.274 e. The van der Waals surface area contributed by atoms with Crippen LogP contribution < -0.4 is 10.6 Å². The Hall–Kier alpha value is -1.99. The normalized spacial score (nSPS) is 11.9. The molecule has 0 aliphatic heterocycles. The first-order valence-corrected chi connectivity index (χ1v) is 9.43. The summed E-state index contributed by atoms with van der Waals surface area (Å²) in [7, 11) is 4.18. The van der Waals surface area contributed by atoms with Gasteiger partial charge in [-0.15, -0.1) is 0 Å². The second-order valence-electron chi connectivity index (χ2n) is 7.24. The van der Waals surface area contributed by atoms with Crippen LogP contribution in [-0.2, 0) is 0 Å². The lowest BCUT2D eigenvalue weighted by atomic mass is 10.2. The fourth-order valence-electron chi connectivity index (χ4n) is 2.29. The first-order chi connectivity index (χ1) is 12.2. The molecule has 0 saturated heterocycles. The maximum atomic E-state index is 12.4. The van der Waals surface area contributed by atoms with Gasteiger partial charge in [-0.05, 0) is 39.8 Å². The van der Waals surface area contributed by atoms with Crippen molar-refractivity contribution in [1.82, 2.24) is 15.6 Å². The number of hydrogen-bond donors (Lipinski definition) is 2. The standard InChI is InChI=1S/C19H33N5O2/c1-7-23(5,8-2)14-20-18(25)16-12-11-13-17(22-16)19(26)21-15-24(6,9-3)10-4/h11-13H,7-10,14-15H2,1-6H3/p+2. The van der Waals surface area contributed by atoms with Crippen LogP contribution >= 0.6 is 0 Å². The molecule has 0 radical (unpaired) electrons. The molecule has 0 unspecified atom stereocenters. The SMILES string of the molecule is CC[N+](C)(CC)CNC(=O)c1cccc(C(=O)NC[N+](C)(CC)CC)n1. The van der Waals surface area contributed by atoms with Crippen molar-refractivity contribution in [2.24, 2.45) is 0 Å². The summed E-state index contributed by atoms with van der Waals surface area (Å²) in [5.74, 6) is -0.512. The number of carbonyl (C=O) groups is 2. The highest BCUT2D eigenvalue weighted by Gasteiger charge is 2.21. The molecule has 7 nitrogen and oxygen atoms in total. The third-order valence-corrected chi connectivity index (χ3v) is 5.51. The second-order valence-corrected chi connectivity index (χ2v) is 7.24. The molecule has 0 aromatic carbocycles. The van der Waals surface area contributed by atoms with Gasteiger partial charge >= 0.3 is 0 Å². The van der Waals surface area contributed by atoms with Gasteiger partial charge < -0.3 is 19.6 Å². The monoisotopic (exact) mass is 365 g/mol. The van der Waals surface area contributed by atoms with Crippen molar-refractivity contribution in [3.05, 3.63) is 29.6 Å². The van der Waals surface area contributed by atoms with Crippen molar-refractivity contribution >= 4 is 11.8 Å². The summed E-state index contributed by atoms with van der Waals surface area (Å²) in [4.78, 5) is 29.0. The molecule has 26 heavy (non-hydrogen) atoms. The molecule has 146 valence electrons. The zero-order chi connectivity index (χ0) is 19.8. The molecule has 1 heterocycles. The van der Waals surface area contributed by atoms with Gasteiger partial charge in [-0.3, -0.25) is 9.59 Å². The minimum absolute atomic E-state index is 0.256. The average molecular weight is 366 g/mol. The summed E-state index contributed by atoms with van der Waals surface area (Å²) in [6.45, 7) is 13.2. The molecule has 0 bridgehead atoms. The highest BCUT2D eigenvalue weighted by atomic mass is 16.2. The Morgan fingerprint density at radius 1 is 0.808 bits per heavy atom. The van der Waals surface area contributed by atoms with Crippen molar-refractivity contribution in [3.8, 4) is 0 Å². The van der Waals surface area contributed by atoms with E-state index in [-0.39, 0.29) is 23.2 Å².